The quantitative estimate of drug-likeness (QED) is 0.00712. The summed E-state index contributed by atoms with van der Waals surface area (Å²) in [4.78, 5) is 246. The van der Waals surface area contributed by atoms with Gasteiger partial charge in [-0.15, -0.1) is 0 Å². The number of carboxylic acid groups (broad SMARTS) is 2. The number of urea groups is 1. The first-order valence-corrected chi connectivity index (χ1v) is 41.4. The van der Waals surface area contributed by atoms with Crippen LogP contribution in [0.5, 0.6) is 11.5 Å². The molecule has 2 aliphatic heterocycles. The number of likely N-dealkylation sites (N-methyl/N-ethyl adjacent to an activating group) is 1. The summed E-state index contributed by atoms with van der Waals surface area (Å²) in [7, 11) is 1.15. The van der Waals surface area contributed by atoms with Crippen LogP contribution in [-0.4, -0.2) is 283 Å². The molecule has 0 spiro atoms. The highest BCUT2D eigenvalue weighted by atomic mass is 32.1. The van der Waals surface area contributed by atoms with Gasteiger partial charge in [0.2, 0.25) is 82.7 Å². The van der Waals surface area contributed by atoms with E-state index in [0.717, 1.165) is 30.0 Å². The number of hydrogen-bond acceptors (Lipinski definition) is 27. The van der Waals surface area contributed by atoms with Crippen molar-refractivity contribution < 1.29 is 107 Å². The average molecular weight is 1800 g/mol. The standard InChI is InChI=1S/C78H110N24O22S2/c1-39(103)63-73(119)97-55(33-62(108)109)75(121)102-28-8-14-58(102)72(118)93-50(12-6-26-86-77(81)82)66(112)98-57(38-126)71(117)91-49(13-7-27-87-78(83)124)64(110)94-52(31-42-35-88-47-10-4-3-9-46(42)47)68(114)92-51(23-24-60(80)106)67(113)90-48(11-5-25-85-36-43(100-84)32-53(69(115)99-63)95-70(116)56(37-125)89-61(107)34-79)65(111)96-54(29-40-15-19-44(104)20-16-40)74(120)101(2)59(76(122)123)30-41-17-21-45(105)22-18-41/h3-4,9-10,15-22,35-36,39,48-59,63,84-85,88,103-105,125-126H,5-8,11-14,23-34,37-38,79H2,1-2H3,(H2,80,106)(H,89,107)(H,90,113)(H,91,117)(H,92,114)(H,93,118)(H,94,110)(H,95,116)(H,96,111)(H,97,119)(H,98,112)(H,99,115)(H,108,109)(H,122,123)(H4,81,82,86)(H3,83,87,124)/b43-36+,100-84?/t39-,48-,49-,50-,51-,52?,53+,54+,55-,56+,57+,58+,59-,63+/m0/s1. The number of aliphatic carboxylic acids is 2. The van der Waals surface area contributed by atoms with Crippen molar-refractivity contribution in [3.05, 3.63) is 108 Å². The van der Waals surface area contributed by atoms with Gasteiger partial charge < -0.3 is 138 Å². The number of hydrogen-bond donors (Lipinski definition) is 28. The highest BCUT2D eigenvalue weighted by molar-refractivity contribution is 7.80. The molecule has 1 unspecified atom stereocenters. The minimum absolute atomic E-state index is 0.0265. The van der Waals surface area contributed by atoms with Gasteiger partial charge in [-0.25, -0.2) is 15.1 Å². The summed E-state index contributed by atoms with van der Waals surface area (Å²) in [5.74, 6) is -20.6. The van der Waals surface area contributed by atoms with E-state index in [1.807, 2.05) is 0 Å². The van der Waals surface area contributed by atoms with Gasteiger partial charge in [-0.2, -0.15) is 30.4 Å². The van der Waals surface area contributed by atoms with E-state index in [1.54, 1.807) is 24.3 Å². The number of nitrogens with one attached hydrogen (secondary N) is 17. The maximum absolute atomic E-state index is 15.4. The molecule has 16 amide bonds. The van der Waals surface area contributed by atoms with E-state index < -0.39 is 254 Å². The van der Waals surface area contributed by atoms with Crippen molar-refractivity contribution in [1.82, 2.24) is 89.2 Å². The minimum Gasteiger partial charge on any atom is -0.508 e. The van der Waals surface area contributed by atoms with E-state index in [-0.39, 0.29) is 94.7 Å². The second-order valence-electron chi connectivity index (χ2n) is 29.8. The summed E-state index contributed by atoms with van der Waals surface area (Å²) in [6.07, 6.45) is -5.25. The zero-order valence-corrected chi connectivity index (χ0v) is 70.7. The molecule has 0 aliphatic carbocycles. The third kappa shape index (κ3) is 32.1. The number of carbonyl (C=O) groups is 17. The molecule has 1 saturated heterocycles. The Hall–Kier alpha value is -13.4. The number of phenolic OH excluding ortho intramolecular Hbond substituents is 2. The number of para-hydroxylation sites is 1. The number of nitrogens with two attached hydrogens (primary N) is 4. The second-order valence-corrected chi connectivity index (χ2v) is 30.6. The number of aromatic hydroxyl groups is 2. The summed E-state index contributed by atoms with van der Waals surface area (Å²) in [5.41, 5.74) is 31.5. The highest BCUT2D eigenvalue weighted by Gasteiger charge is 2.43. The minimum atomic E-state index is -2.14. The topological polar surface area (TPSA) is 746 Å². The van der Waals surface area contributed by atoms with Crippen molar-refractivity contribution >= 4 is 143 Å². The van der Waals surface area contributed by atoms with Gasteiger partial charge in [0.1, 0.15) is 90.0 Å². The maximum Gasteiger partial charge on any atom is 0.326 e. The lowest BCUT2D eigenvalue weighted by Crippen LogP contribution is -2.62. The number of phenols is 2. The van der Waals surface area contributed by atoms with Crippen LogP contribution in [0.3, 0.4) is 0 Å². The maximum atomic E-state index is 15.4. The Morgan fingerprint density at radius 2 is 1.22 bits per heavy atom. The molecular formula is C78H110N24O22S2. The summed E-state index contributed by atoms with van der Waals surface area (Å²) in [6, 6.07) is -6.48. The number of aliphatic hydroxyl groups is 1. The number of carboxylic acids is 2. The highest BCUT2D eigenvalue weighted by Crippen LogP contribution is 2.24. The number of aliphatic hydroxyl groups excluding tert-OH is 1. The van der Waals surface area contributed by atoms with Crippen LogP contribution in [0.1, 0.15) is 101 Å². The van der Waals surface area contributed by atoms with E-state index in [0.29, 0.717) is 27.6 Å². The Morgan fingerprint density at radius 3 is 1.79 bits per heavy atom. The number of aromatic nitrogens is 1. The Morgan fingerprint density at radius 1 is 0.659 bits per heavy atom. The molecule has 0 bridgehead atoms. The van der Waals surface area contributed by atoms with Gasteiger partial charge >= 0.3 is 18.0 Å². The van der Waals surface area contributed by atoms with Crippen molar-refractivity contribution in [2.24, 2.45) is 28.0 Å². The molecule has 48 heteroatoms. The van der Waals surface area contributed by atoms with E-state index in [2.05, 4.69) is 110 Å². The average Bonchev–Trinajstić information content (AvgIpc) is 1.68. The molecule has 686 valence electrons. The fourth-order valence-electron chi connectivity index (χ4n) is 13.6. The summed E-state index contributed by atoms with van der Waals surface area (Å²) >= 11 is 8.50. The summed E-state index contributed by atoms with van der Waals surface area (Å²) in [5, 5.41) is 98.9. The van der Waals surface area contributed by atoms with Crippen LogP contribution in [0.2, 0.25) is 0 Å². The summed E-state index contributed by atoms with van der Waals surface area (Å²) in [6.45, 7) is -0.408. The third-order valence-electron chi connectivity index (χ3n) is 20.4. The van der Waals surface area contributed by atoms with Gasteiger partial charge in [-0.05, 0) is 112 Å². The number of primary amides is 2. The number of H-pyrrole nitrogens is 1. The second kappa shape index (κ2) is 50.4. The molecule has 46 nitrogen and oxygen atoms in total. The van der Waals surface area contributed by atoms with Crippen LogP contribution in [-0.2, 0) is 96.0 Å². The van der Waals surface area contributed by atoms with E-state index >= 15 is 19.2 Å². The fraction of sp³-hybridized carbons (Fsp3) is 0.487. The van der Waals surface area contributed by atoms with Crippen molar-refractivity contribution in [1.29, 1.82) is 10.9 Å². The van der Waals surface area contributed by atoms with Crippen LogP contribution in [0.25, 0.3) is 10.9 Å². The number of guanidine groups is 1. The number of nitrogens with zero attached hydrogens (tertiary/aromatic N) is 3. The van der Waals surface area contributed by atoms with Gasteiger partial charge in [0.25, 0.3) is 0 Å². The molecule has 3 heterocycles. The number of benzene rings is 3. The molecule has 0 radical (unpaired) electrons. The van der Waals surface area contributed by atoms with Crippen molar-refractivity contribution in [3.8, 4) is 11.5 Å². The SMILES string of the molecule is C[C@H](O)[C@H]1NC(=O)[C@H](NC(=O)[C@@H](CS)NC(=O)CN)C/C(N=N)=C\NCCC[C@@H](C(=O)N[C@H](Cc2ccc(O)cc2)C(=O)N(C)[C@@H](Cc2ccc(O)cc2)C(=O)O)NC(=O)[C@H](CCC(N)=O)NC(=O)C(Cc2c[nH]c3ccccc23)NC(=O)[C@H](CCCNC(N)=O)NC(=O)[C@@H](CS)NC(=O)[C@H](CCCNC(=N)N)NC(=O)[C@H]2CCCN2C(=O)[C@H](CC(=O)O)NC1=O. The zero-order chi connectivity index (χ0) is 93.0. The molecule has 1 aromatic heterocycles. The number of rotatable bonds is 32. The van der Waals surface area contributed by atoms with Crippen LogP contribution >= 0.6 is 25.3 Å². The van der Waals surface area contributed by atoms with E-state index in [9.17, 15) is 87.9 Å². The number of aromatic amines is 1. The van der Waals surface area contributed by atoms with Gasteiger partial charge in [0.05, 0.1) is 24.8 Å². The predicted molar refractivity (Wildman–Crippen MR) is 456 cm³/mol. The third-order valence-corrected chi connectivity index (χ3v) is 21.1. The first-order chi connectivity index (χ1) is 59.8. The van der Waals surface area contributed by atoms with Crippen molar-refractivity contribution in [3.63, 3.8) is 0 Å². The Kier molecular flexibility index (Phi) is 40.6. The molecule has 3 aromatic carbocycles. The molecule has 30 N–H and O–H groups in total. The van der Waals surface area contributed by atoms with E-state index in [4.69, 9.17) is 33.9 Å². The number of amides is 16. The monoisotopic (exact) mass is 1800 g/mol. The van der Waals surface area contributed by atoms with Gasteiger partial charge in [-0.3, -0.25) is 77.3 Å². The van der Waals surface area contributed by atoms with Gasteiger partial charge in [-0.1, -0.05) is 42.5 Å². The molecule has 14 atom stereocenters. The molecule has 6 rings (SSSR count). The first kappa shape index (κ1) is 101. The van der Waals surface area contributed by atoms with Gasteiger partial charge in [0, 0.05) is 100 Å². The molecule has 2 aliphatic rings. The fourth-order valence-corrected chi connectivity index (χ4v) is 14.1. The largest absolute Gasteiger partial charge is 0.508 e. The van der Waals surface area contributed by atoms with Crippen molar-refractivity contribution in [2.45, 2.75) is 188 Å². The lowest BCUT2D eigenvalue weighted by molar-refractivity contribution is -0.150. The molecule has 4 aromatic rings. The van der Waals surface area contributed by atoms with Crippen LogP contribution < -0.4 is 97.4 Å². The van der Waals surface area contributed by atoms with E-state index in [1.165, 1.54) is 54.7 Å². The lowest BCUT2D eigenvalue weighted by Gasteiger charge is -2.31. The van der Waals surface area contributed by atoms with Crippen molar-refractivity contribution in [2.75, 3.05) is 51.3 Å². The zero-order valence-electron chi connectivity index (χ0n) is 68.9. The summed E-state index contributed by atoms with van der Waals surface area (Å²) < 4.78 is 0. The Bertz CT molecular complexity index is 4600. The van der Waals surface area contributed by atoms with Gasteiger partial charge in [0.15, 0.2) is 5.96 Å². The normalized spacial score (nSPS) is 22.1. The molecule has 126 heavy (non-hydrogen) atoms. The Balaban J connectivity index is 1.52. The number of thiol groups is 2. The number of fused-ring (bicyclic) bond motifs is 2. The molecule has 0 saturated carbocycles. The smallest absolute Gasteiger partial charge is 0.326 e. The first-order valence-electron chi connectivity index (χ1n) is 40.1. The predicted octanol–water partition coefficient (Wildman–Crippen LogP) is -5.86. The lowest BCUT2D eigenvalue weighted by atomic mass is 10.0. The molecular weight excluding hydrogens is 1690 g/mol. The van der Waals surface area contributed by atoms with Crippen LogP contribution in [0.4, 0.5) is 4.79 Å². The van der Waals surface area contributed by atoms with Crippen LogP contribution in [0.15, 0.2) is 96.0 Å². The van der Waals surface area contributed by atoms with Crippen LogP contribution in [0, 0.1) is 10.9 Å². The number of carbonyl (C=O) groups excluding carboxylic acids is 15. The Labute approximate surface area is 732 Å². The molecule has 1 fully saturated rings.